The van der Waals surface area contributed by atoms with Crippen LogP contribution >= 0.6 is 22.6 Å². The minimum absolute atomic E-state index is 0.00884. The Hall–Kier alpha value is -2.23. The molecule has 0 heterocycles. The first-order chi connectivity index (χ1) is 13.1. The summed E-state index contributed by atoms with van der Waals surface area (Å²) < 4.78 is 36.5. The van der Waals surface area contributed by atoms with Gasteiger partial charge in [0.15, 0.2) is 0 Å². The first-order valence-corrected chi connectivity index (χ1v) is 9.29. The summed E-state index contributed by atoms with van der Waals surface area (Å²) in [7, 11) is 2.56. The molecule has 0 aliphatic heterocycles. The van der Waals surface area contributed by atoms with E-state index >= 15 is 0 Å². The zero-order chi connectivity index (χ0) is 21.4. The van der Waals surface area contributed by atoms with Gasteiger partial charge in [0.25, 0.3) is 0 Å². The Balaban J connectivity index is 0.000000280. The summed E-state index contributed by atoms with van der Waals surface area (Å²) in [4.78, 5) is 21.9. The molecule has 0 spiro atoms. The Bertz CT molecular complexity index is 754. The maximum atomic E-state index is 13.4. The van der Waals surface area contributed by atoms with E-state index in [4.69, 9.17) is 5.73 Å². The van der Waals surface area contributed by atoms with E-state index < -0.39 is 17.8 Å². The van der Waals surface area contributed by atoms with Crippen LogP contribution in [0, 0.1) is 29.1 Å². The van der Waals surface area contributed by atoms with E-state index in [1.165, 1.54) is 26.4 Å². The largest absolute Gasteiger partial charge is 0.469 e. The number of methoxy groups -OCH3 is 2. The number of carbonyl (C=O) groups is 2. The number of aryl methyl sites for hydroxylation is 2. The number of ether oxygens (including phenoxy) is 2. The van der Waals surface area contributed by atoms with Gasteiger partial charge in [-0.3, -0.25) is 9.59 Å². The lowest BCUT2D eigenvalue weighted by Crippen LogP contribution is -2.08. The second kappa shape index (κ2) is 10.9. The maximum Gasteiger partial charge on any atom is 0.310 e. The first-order valence-electron chi connectivity index (χ1n) is 8.21. The van der Waals surface area contributed by atoms with Gasteiger partial charge in [-0.1, -0.05) is 0 Å². The third kappa shape index (κ3) is 7.06. The predicted molar refractivity (Wildman–Crippen MR) is 111 cm³/mol. The van der Waals surface area contributed by atoms with Crippen molar-refractivity contribution in [2.45, 2.75) is 26.7 Å². The van der Waals surface area contributed by atoms with Crippen LogP contribution in [0.2, 0.25) is 0 Å². The van der Waals surface area contributed by atoms with Crippen molar-refractivity contribution in [1.29, 1.82) is 0 Å². The number of hydrogen-bond acceptors (Lipinski definition) is 5. The molecule has 0 saturated heterocycles. The molecule has 0 unspecified atom stereocenters. The van der Waals surface area contributed by atoms with Crippen molar-refractivity contribution in [1.82, 2.24) is 0 Å². The highest BCUT2D eigenvalue weighted by Gasteiger charge is 2.12. The number of anilines is 1. The minimum atomic E-state index is -0.465. The average molecular weight is 505 g/mol. The number of hydrogen-bond donors (Lipinski definition) is 1. The molecule has 0 aliphatic carbocycles. The lowest BCUT2D eigenvalue weighted by molar-refractivity contribution is -0.140. The predicted octanol–water partition coefficient (Wildman–Crippen LogP) is 3.89. The Morgan fingerprint density at radius 1 is 0.893 bits per heavy atom. The number of nitrogens with two attached hydrogens (primary N) is 1. The molecule has 0 radical (unpaired) electrons. The number of halogens is 3. The summed E-state index contributed by atoms with van der Waals surface area (Å²) in [5.74, 6) is -1.70. The Kier molecular flexibility index (Phi) is 9.30. The molecule has 0 fully saturated rings. The van der Waals surface area contributed by atoms with Crippen LogP contribution in [0.4, 0.5) is 14.5 Å². The standard InChI is InChI=1S/C10H10FIO2.C10H12FNO2/c2*1-6-3-7(12)4-9(11)8(6)5-10(13)14-2/h3-4H,5H2,1-2H3;3-4H,5,12H2,1-2H3. The average Bonchev–Trinajstić information content (AvgIpc) is 2.61. The van der Waals surface area contributed by atoms with E-state index in [0.29, 0.717) is 22.4 Å². The van der Waals surface area contributed by atoms with Gasteiger partial charge < -0.3 is 15.2 Å². The highest BCUT2D eigenvalue weighted by atomic mass is 127. The molecule has 2 rings (SSSR count). The Morgan fingerprint density at radius 3 is 1.71 bits per heavy atom. The highest BCUT2D eigenvalue weighted by molar-refractivity contribution is 14.1. The molecule has 8 heteroatoms. The Morgan fingerprint density at radius 2 is 1.32 bits per heavy atom. The minimum Gasteiger partial charge on any atom is -0.469 e. The van der Waals surface area contributed by atoms with Crippen LogP contribution in [-0.2, 0) is 31.9 Å². The second-order valence-corrected chi connectivity index (χ2v) is 7.23. The number of benzene rings is 2. The van der Waals surface area contributed by atoms with E-state index in [0.717, 1.165) is 9.13 Å². The van der Waals surface area contributed by atoms with Crippen molar-refractivity contribution in [2.75, 3.05) is 20.0 Å². The van der Waals surface area contributed by atoms with Crippen LogP contribution in [0.15, 0.2) is 24.3 Å². The summed E-state index contributed by atoms with van der Waals surface area (Å²) >= 11 is 2.03. The van der Waals surface area contributed by atoms with Crippen LogP contribution < -0.4 is 5.73 Å². The fourth-order valence-corrected chi connectivity index (χ4v) is 3.15. The molecule has 2 aromatic carbocycles. The highest BCUT2D eigenvalue weighted by Crippen LogP contribution is 2.19. The number of rotatable bonds is 4. The van der Waals surface area contributed by atoms with Crippen LogP contribution in [-0.4, -0.2) is 26.2 Å². The van der Waals surface area contributed by atoms with Crippen molar-refractivity contribution >= 4 is 40.2 Å². The van der Waals surface area contributed by atoms with E-state index in [9.17, 15) is 18.4 Å². The molecule has 2 N–H and O–H groups in total. The lowest BCUT2D eigenvalue weighted by atomic mass is 10.0. The maximum absolute atomic E-state index is 13.4. The molecule has 0 amide bonds. The summed E-state index contributed by atoms with van der Waals surface area (Å²) in [6, 6.07) is 6.07. The Labute approximate surface area is 176 Å². The molecular weight excluding hydrogens is 483 g/mol. The van der Waals surface area contributed by atoms with Gasteiger partial charge in [0.2, 0.25) is 0 Å². The third-order valence-corrected chi connectivity index (χ3v) is 4.54. The molecule has 0 bridgehead atoms. The molecule has 5 nitrogen and oxygen atoms in total. The fraction of sp³-hybridized carbons (Fsp3) is 0.300. The van der Waals surface area contributed by atoms with E-state index in [1.807, 2.05) is 28.7 Å². The summed E-state index contributed by atoms with van der Waals surface area (Å²) in [5.41, 5.74) is 7.98. The smallest absolute Gasteiger partial charge is 0.310 e. The molecule has 0 aromatic heterocycles. The van der Waals surface area contributed by atoms with E-state index in [2.05, 4.69) is 9.47 Å². The SMILES string of the molecule is COC(=O)Cc1c(C)cc(I)cc1F.COC(=O)Cc1c(C)cc(N)cc1F. The van der Waals surface area contributed by atoms with Crippen LogP contribution in [0.25, 0.3) is 0 Å². The van der Waals surface area contributed by atoms with Gasteiger partial charge in [-0.15, -0.1) is 0 Å². The van der Waals surface area contributed by atoms with Crippen LogP contribution in [0.3, 0.4) is 0 Å². The monoisotopic (exact) mass is 505 g/mol. The van der Waals surface area contributed by atoms with Crippen molar-refractivity contribution < 1.29 is 27.8 Å². The van der Waals surface area contributed by atoms with Crippen molar-refractivity contribution in [2.24, 2.45) is 0 Å². The number of carbonyl (C=O) groups excluding carboxylic acids is 2. The summed E-state index contributed by atoms with van der Waals surface area (Å²) in [6.07, 6.45) is -0.0699. The van der Waals surface area contributed by atoms with Crippen molar-refractivity contribution in [3.05, 3.63) is 61.7 Å². The zero-order valence-electron chi connectivity index (χ0n) is 16.1. The molecule has 152 valence electrons. The van der Waals surface area contributed by atoms with Crippen LogP contribution in [0.5, 0.6) is 0 Å². The molecule has 0 saturated carbocycles. The number of esters is 2. The fourth-order valence-electron chi connectivity index (χ4n) is 2.41. The molecule has 28 heavy (non-hydrogen) atoms. The zero-order valence-corrected chi connectivity index (χ0v) is 18.2. The topological polar surface area (TPSA) is 78.6 Å². The van der Waals surface area contributed by atoms with E-state index in [-0.39, 0.29) is 18.7 Å². The van der Waals surface area contributed by atoms with Crippen LogP contribution in [0.1, 0.15) is 22.3 Å². The van der Waals surface area contributed by atoms with Gasteiger partial charge in [-0.2, -0.15) is 0 Å². The second-order valence-electron chi connectivity index (χ2n) is 5.99. The molecule has 0 aliphatic rings. The van der Waals surface area contributed by atoms with Gasteiger partial charge >= 0.3 is 11.9 Å². The van der Waals surface area contributed by atoms with Crippen molar-refractivity contribution in [3.8, 4) is 0 Å². The van der Waals surface area contributed by atoms with Crippen molar-refractivity contribution in [3.63, 3.8) is 0 Å². The summed E-state index contributed by atoms with van der Waals surface area (Å²) in [5, 5.41) is 0. The van der Waals surface area contributed by atoms with E-state index in [1.54, 1.807) is 19.9 Å². The third-order valence-electron chi connectivity index (χ3n) is 3.92. The van der Waals surface area contributed by atoms with Gasteiger partial charge in [-0.05, 0) is 71.8 Å². The number of nitrogen functional groups attached to an aromatic ring is 1. The normalized spacial score (nSPS) is 9.96. The molecular formula is C20H22F2INO4. The lowest BCUT2D eigenvalue weighted by Gasteiger charge is -2.07. The van der Waals surface area contributed by atoms with Gasteiger partial charge in [0, 0.05) is 20.4 Å². The van der Waals surface area contributed by atoms with Gasteiger partial charge in [-0.25, -0.2) is 8.78 Å². The molecule has 0 atom stereocenters. The quantitative estimate of drug-likeness (QED) is 0.388. The first kappa shape index (κ1) is 23.8. The van der Waals surface area contributed by atoms with Gasteiger partial charge in [0.05, 0.1) is 27.1 Å². The molecule has 2 aromatic rings. The summed E-state index contributed by atoms with van der Waals surface area (Å²) in [6.45, 7) is 3.49. The van der Waals surface area contributed by atoms with Gasteiger partial charge in [0.1, 0.15) is 11.6 Å².